The van der Waals surface area contributed by atoms with E-state index in [9.17, 15) is 0 Å². The van der Waals surface area contributed by atoms with Crippen LogP contribution in [0.1, 0.15) is 52.7 Å². The molecule has 0 spiro atoms. The van der Waals surface area contributed by atoms with Crippen LogP contribution in [0, 0.1) is 18.8 Å². The van der Waals surface area contributed by atoms with Crippen LogP contribution in [0.4, 0.5) is 0 Å². The summed E-state index contributed by atoms with van der Waals surface area (Å²) in [6, 6.07) is 19.1. The number of hydrogen-bond donors (Lipinski definition) is 0. The predicted octanol–water partition coefficient (Wildman–Crippen LogP) is 3.46. The molecule has 32 heavy (non-hydrogen) atoms. The van der Waals surface area contributed by atoms with Gasteiger partial charge in [-0.2, -0.15) is 0 Å². The summed E-state index contributed by atoms with van der Waals surface area (Å²) in [5, 5.41) is 0. The van der Waals surface area contributed by atoms with Crippen molar-refractivity contribution in [3.8, 4) is 5.75 Å². The fourth-order valence-electron chi connectivity index (χ4n) is 4.78. The normalized spacial score (nSPS) is 12.2. The Morgan fingerprint density at radius 3 is 1.91 bits per heavy atom. The van der Waals surface area contributed by atoms with Crippen molar-refractivity contribution >= 4 is 0 Å². The molecule has 0 bridgehead atoms. The standard InChI is InChI=1S/C28H44NO2.ClH/c1-23(2)21-29(22-24(3)4,28(6,7)26-14-9-8-10-15-26)17-18-30-19-20-31-27-16-12-11-13-25(27)5;/h8-16,23-24H,17-22H2,1-7H3;1H/q+1;/p-1. The number of rotatable bonds is 13. The Balaban J connectivity index is 0.00000512. The fraction of sp³-hybridized carbons (Fsp3) is 0.571. The van der Waals surface area contributed by atoms with Crippen LogP contribution in [0.15, 0.2) is 54.6 Å². The first-order chi connectivity index (χ1) is 14.7. The molecule has 0 amide bonds. The van der Waals surface area contributed by atoms with E-state index in [-0.39, 0.29) is 17.9 Å². The fourth-order valence-corrected chi connectivity index (χ4v) is 4.78. The molecule has 0 aliphatic carbocycles. The number of nitrogens with zero attached hydrogens (tertiary/aromatic N) is 1. The van der Waals surface area contributed by atoms with Crippen LogP contribution in [-0.4, -0.2) is 43.9 Å². The van der Waals surface area contributed by atoms with Gasteiger partial charge in [-0.15, -0.1) is 0 Å². The maximum absolute atomic E-state index is 6.10. The van der Waals surface area contributed by atoms with Gasteiger partial charge in [-0.1, -0.05) is 76.2 Å². The monoisotopic (exact) mass is 461 g/mol. The number of aryl methyl sites for hydroxylation is 1. The molecule has 0 radical (unpaired) electrons. The first-order valence-electron chi connectivity index (χ1n) is 11.9. The highest BCUT2D eigenvalue weighted by molar-refractivity contribution is 5.31. The van der Waals surface area contributed by atoms with Crippen LogP contribution in [-0.2, 0) is 10.3 Å². The Hall–Kier alpha value is -1.55. The Morgan fingerprint density at radius 2 is 1.34 bits per heavy atom. The maximum atomic E-state index is 6.10. The van der Waals surface area contributed by atoms with Crippen molar-refractivity contribution in [1.82, 2.24) is 0 Å². The van der Waals surface area contributed by atoms with Crippen LogP contribution in [0.3, 0.4) is 0 Å². The summed E-state index contributed by atoms with van der Waals surface area (Å²) in [5.74, 6) is 2.18. The number of halogens is 1. The third kappa shape index (κ3) is 7.79. The number of benzene rings is 2. The second kappa shape index (κ2) is 13.2. The average Bonchev–Trinajstić information content (AvgIpc) is 2.71. The van der Waals surface area contributed by atoms with Gasteiger partial charge in [0.15, 0.2) is 0 Å². The molecule has 2 aromatic rings. The topological polar surface area (TPSA) is 18.5 Å². The van der Waals surface area contributed by atoms with Gasteiger partial charge < -0.3 is 26.4 Å². The van der Waals surface area contributed by atoms with Crippen molar-refractivity contribution in [2.24, 2.45) is 11.8 Å². The lowest BCUT2D eigenvalue weighted by Gasteiger charge is -2.52. The summed E-state index contributed by atoms with van der Waals surface area (Å²) >= 11 is 0. The van der Waals surface area contributed by atoms with E-state index in [1.165, 1.54) is 5.56 Å². The highest BCUT2D eigenvalue weighted by Crippen LogP contribution is 2.37. The summed E-state index contributed by atoms with van der Waals surface area (Å²) in [6.07, 6.45) is 0. The summed E-state index contributed by atoms with van der Waals surface area (Å²) in [5.41, 5.74) is 2.58. The molecule has 3 nitrogen and oxygen atoms in total. The lowest BCUT2D eigenvalue weighted by Crippen LogP contribution is -3.00. The van der Waals surface area contributed by atoms with Gasteiger partial charge in [0, 0.05) is 17.4 Å². The third-order valence-corrected chi connectivity index (χ3v) is 6.34. The molecule has 0 saturated carbocycles. The van der Waals surface area contributed by atoms with Gasteiger partial charge in [-0.25, -0.2) is 0 Å². The van der Waals surface area contributed by atoms with Gasteiger partial charge in [0.1, 0.15) is 24.4 Å². The molecular weight excluding hydrogens is 418 g/mol. The lowest BCUT2D eigenvalue weighted by atomic mass is 9.86. The number of hydrogen-bond acceptors (Lipinski definition) is 2. The van der Waals surface area contributed by atoms with Crippen LogP contribution in [0.5, 0.6) is 5.75 Å². The van der Waals surface area contributed by atoms with Crippen molar-refractivity contribution < 1.29 is 26.4 Å². The first kappa shape index (κ1) is 28.5. The Morgan fingerprint density at radius 1 is 0.781 bits per heavy atom. The largest absolute Gasteiger partial charge is 1.00 e. The summed E-state index contributed by atoms with van der Waals surface area (Å²) in [4.78, 5) is 0. The minimum absolute atomic E-state index is 0. The summed E-state index contributed by atoms with van der Waals surface area (Å²) in [6.45, 7) is 21.5. The second-order valence-corrected chi connectivity index (χ2v) is 10.2. The van der Waals surface area contributed by atoms with Crippen LogP contribution in [0.2, 0.25) is 0 Å². The maximum Gasteiger partial charge on any atom is 0.122 e. The predicted molar refractivity (Wildman–Crippen MR) is 131 cm³/mol. The Bertz CT molecular complexity index is 764. The number of ether oxygens (including phenoxy) is 2. The highest BCUT2D eigenvalue weighted by atomic mass is 35.5. The Kier molecular flexibility index (Phi) is 11.8. The van der Waals surface area contributed by atoms with Crippen molar-refractivity contribution in [3.63, 3.8) is 0 Å². The molecule has 2 aromatic carbocycles. The van der Waals surface area contributed by atoms with E-state index in [0.29, 0.717) is 25.0 Å². The van der Waals surface area contributed by atoms with E-state index in [1.54, 1.807) is 0 Å². The smallest absolute Gasteiger partial charge is 0.122 e. The van der Waals surface area contributed by atoms with Crippen LogP contribution in [0.25, 0.3) is 0 Å². The molecule has 2 rings (SSSR count). The SMILES string of the molecule is Cc1ccccc1OCCOCC[N+](CC(C)C)(CC(C)C)C(C)(C)c1ccccc1.[Cl-]. The zero-order chi connectivity index (χ0) is 22.9. The lowest BCUT2D eigenvalue weighted by molar-refractivity contribution is -0.985. The molecule has 0 aromatic heterocycles. The molecule has 0 saturated heterocycles. The van der Waals surface area contributed by atoms with Gasteiger partial charge in [0.05, 0.1) is 26.3 Å². The number of para-hydroxylation sites is 1. The molecule has 180 valence electrons. The van der Waals surface area contributed by atoms with Crippen molar-refractivity contribution in [2.45, 2.75) is 54.0 Å². The highest BCUT2D eigenvalue weighted by Gasteiger charge is 2.45. The van der Waals surface area contributed by atoms with Gasteiger partial charge in [-0.3, -0.25) is 0 Å². The van der Waals surface area contributed by atoms with E-state index < -0.39 is 0 Å². The van der Waals surface area contributed by atoms with E-state index >= 15 is 0 Å². The van der Waals surface area contributed by atoms with Crippen molar-refractivity contribution in [2.75, 3.05) is 39.5 Å². The molecule has 0 fully saturated rings. The quantitative estimate of drug-likeness (QED) is 0.336. The first-order valence-corrected chi connectivity index (χ1v) is 11.9. The van der Waals surface area contributed by atoms with Gasteiger partial charge in [0.2, 0.25) is 0 Å². The second-order valence-electron chi connectivity index (χ2n) is 10.2. The van der Waals surface area contributed by atoms with Crippen LogP contribution >= 0.6 is 0 Å². The van der Waals surface area contributed by atoms with E-state index in [4.69, 9.17) is 9.47 Å². The van der Waals surface area contributed by atoms with Gasteiger partial charge in [-0.05, 0) is 32.4 Å². The van der Waals surface area contributed by atoms with E-state index in [2.05, 4.69) is 84.9 Å². The third-order valence-electron chi connectivity index (χ3n) is 6.34. The molecular formula is C28H44ClNO2. The minimum atomic E-state index is 0. The molecule has 4 heteroatoms. The van der Waals surface area contributed by atoms with E-state index in [0.717, 1.165) is 42.0 Å². The minimum Gasteiger partial charge on any atom is -1.00 e. The zero-order valence-electron chi connectivity index (χ0n) is 21.2. The average molecular weight is 462 g/mol. The Labute approximate surface area is 203 Å². The molecule has 0 aliphatic rings. The molecule has 0 aliphatic heterocycles. The van der Waals surface area contributed by atoms with Crippen molar-refractivity contribution in [1.29, 1.82) is 0 Å². The van der Waals surface area contributed by atoms with Crippen LogP contribution < -0.4 is 17.1 Å². The van der Waals surface area contributed by atoms with Crippen molar-refractivity contribution in [3.05, 3.63) is 65.7 Å². The molecule has 0 N–H and O–H groups in total. The zero-order valence-corrected chi connectivity index (χ0v) is 22.0. The summed E-state index contributed by atoms with van der Waals surface area (Å²) in [7, 11) is 0. The number of quaternary nitrogens is 1. The summed E-state index contributed by atoms with van der Waals surface area (Å²) < 4.78 is 13.0. The van der Waals surface area contributed by atoms with Gasteiger partial charge >= 0.3 is 0 Å². The van der Waals surface area contributed by atoms with E-state index in [1.807, 2.05) is 18.2 Å². The molecule has 0 atom stereocenters. The molecule has 0 unspecified atom stereocenters. The molecule has 0 heterocycles. The van der Waals surface area contributed by atoms with Gasteiger partial charge in [0.25, 0.3) is 0 Å².